The van der Waals surface area contributed by atoms with Gasteiger partial charge in [0.05, 0.1) is 12.5 Å². The van der Waals surface area contributed by atoms with Crippen molar-refractivity contribution >= 4 is 6.41 Å². The van der Waals surface area contributed by atoms with Gasteiger partial charge in [-0.05, 0) is 11.6 Å². The van der Waals surface area contributed by atoms with E-state index < -0.39 is 0 Å². The van der Waals surface area contributed by atoms with Gasteiger partial charge in [0, 0.05) is 5.56 Å². The minimum absolute atomic E-state index is 0.403. The van der Waals surface area contributed by atoms with E-state index in [2.05, 4.69) is 11.9 Å². The van der Waals surface area contributed by atoms with Crippen molar-refractivity contribution in [2.45, 2.75) is 0 Å². The number of hydrogen-bond donors (Lipinski definition) is 2. The zero-order valence-electron chi connectivity index (χ0n) is 6.94. The van der Waals surface area contributed by atoms with Crippen LogP contribution in [-0.4, -0.2) is 6.41 Å². The van der Waals surface area contributed by atoms with Crippen molar-refractivity contribution in [1.82, 2.24) is 5.43 Å². The average Bonchev–Trinajstić information content (AvgIpc) is 2.66. The molecule has 0 aromatic carbocycles. The Labute approximate surface area is 75.7 Å². The molecule has 2 aliphatic rings. The fourth-order valence-electron chi connectivity index (χ4n) is 0.932. The molecule has 0 saturated heterocycles. The van der Waals surface area contributed by atoms with Crippen molar-refractivity contribution < 1.29 is 9.21 Å². The minimum atomic E-state index is 0.403. The quantitative estimate of drug-likeness (QED) is 0.296. The lowest BCUT2D eigenvalue weighted by atomic mass is 10.2. The van der Waals surface area contributed by atoms with E-state index in [0.717, 1.165) is 5.56 Å². The largest absolute Gasteiger partial charge is 0.472 e. The lowest BCUT2D eigenvalue weighted by Gasteiger charge is -1.91. The highest BCUT2D eigenvalue weighted by Crippen LogP contribution is 2.20. The highest BCUT2D eigenvalue weighted by Gasteiger charge is 1.97. The normalized spacial score (nSPS) is 8.69. The molecule has 0 aromatic heterocycles. The van der Waals surface area contributed by atoms with Crippen LogP contribution in [0.3, 0.4) is 0 Å². The van der Waals surface area contributed by atoms with Crippen molar-refractivity contribution in [2.75, 3.05) is 0 Å². The molecule has 0 aromatic rings. The third kappa shape index (κ3) is 2.61. The summed E-state index contributed by atoms with van der Waals surface area (Å²) in [6.07, 6.45) is 3.83. The van der Waals surface area contributed by atoms with Gasteiger partial charge in [-0.1, -0.05) is 18.2 Å². The number of carbonyl (C=O) groups excluding carboxylic acids is 1. The number of nitrogens with two attached hydrogens (primary N) is 1. The molecule has 0 atom stereocenters. The van der Waals surface area contributed by atoms with Crippen LogP contribution in [0.2, 0.25) is 0 Å². The molecule has 68 valence electrons. The second-order valence-electron chi connectivity index (χ2n) is 2.28. The molecule has 4 nitrogen and oxygen atoms in total. The summed E-state index contributed by atoms with van der Waals surface area (Å²) in [5, 5.41) is 0. The van der Waals surface area contributed by atoms with Crippen LogP contribution in [0.5, 0.6) is 0 Å². The van der Waals surface area contributed by atoms with Gasteiger partial charge < -0.3 is 4.42 Å². The summed E-state index contributed by atoms with van der Waals surface area (Å²) < 4.78 is 4.95. The van der Waals surface area contributed by atoms with Gasteiger partial charge in [-0.25, -0.2) is 5.84 Å². The topological polar surface area (TPSA) is 68.3 Å². The first kappa shape index (κ1) is 9.28. The van der Waals surface area contributed by atoms with Crippen LogP contribution < -0.4 is 11.3 Å². The molecule has 1 aliphatic carbocycles. The summed E-state index contributed by atoms with van der Waals surface area (Å²) in [7, 11) is 0. The number of hydrogen-bond acceptors (Lipinski definition) is 3. The summed E-state index contributed by atoms with van der Waals surface area (Å²) in [5.74, 6) is 4.41. The zero-order valence-corrected chi connectivity index (χ0v) is 6.94. The Morgan fingerprint density at radius 3 is 2.62 bits per heavy atom. The first-order valence-corrected chi connectivity index (χ1v) is 3.69. The SMILES string of the molecule is NNC=O.c1cc2ccocc-2c1. The third-order valence-electron chi connectivity index (χ3n) is 1.47. The van der Waals surface area contributed by atoms with E-state index in [9.17, 15) is 0 Å². The van der Waals surface area contributed by atoms with Crippen molar-refractivity contribution in [3.63, 3.8) is 0 Å². The molecular formula is C9H10N2O2. The predicted molar refractivity (Wildman–Crippen MR) is 48.7 cm³/mol. The monoisotopic (exact) mass is 178 g/mol. The van der Waals surface area contributed by atoms with Gasteiger partial charge in [-0.3, -0.25) is 10.2 Å². The van der Waals surface area contributed by atoms with Crippen molar-refractivity contribution in [1.29, 1.82) is 0 Å². The summed E-state index contributed by atoms with van der Waals surface area (Å²) in [4.78, 5) is 8.94. The Morgan fingerprint density at radius 1 is 1.31 bits per heavy atom. The van der Waals surface area contributed by atoms with Crippen LogP contribution in [0.25, 0.3) is 11.1 Å². The molecule has 0 spiro atoms. The smallest absolute Gasteiger partial charge is 0.221 e. The fraction of sp³-hybridized carbons (Fsp3) is 0. The van der Waals surface area contributed by atoms with Crippen LogP contribution in [0.15, 0.2) is 41.2 Å². The fourth-order valence-corrected chi connectivity index (χ4v) is 0.932. The van der Waals surface area contributed by atoms with Crippen LogP contribution >= 0.6 is 0 Å². The van der Waals surface area contributed by atoms with Crippen molar-refractivity contribution in [3.8, 4) is 11.1 Å². The standard InChI is InChI=1S/C8H6O.CH4N2O/c1-2-7-4-5-9-6-8(7)3-1;2-3-1-4/h1-6H;1H,2H2,(H,3,4). The maximum absolute atomic E-state index is 8.94. The summed E-state index contributed by atoms with van der Waals surface area (Å²) in [6.45, 7) is 0. The van der Waals surface area contributed by atoms with E-state index >= 15 is 0 Å². The van der Waals surface area contributed by atoms with Crippen molar-refractivity contribution in [3.05, 3.63) is 36.8 Å². The Morgan fingerprint density at radius 2 is 2.00 bits per heavy atom. The van der Waals surface area contributed by atoms with Gasteiger partial charge >= 0.3 is 0 Å². The maximum atomic E-state index is 8.94. The second-order valence-corrected chi connectivity index (χ2v) is 2.28. The predicted octanol–water partition coefficient (Wildman–Crippen LogP) is 0.990. The molecule has 13 heavy (non-hydrogen) atoms. The number of amides is 1. The Kier molecular flexibility index (Phi) is 3.53. The molecule has 1 aliphatic heterocycles. The zero-order chi connectivity index (χ0) is 9.52. The number of hydrazine groups is 1. The maximum Gasteiger partial charge on any atom is 0.221 e. The second kappa shape index (κ2) is 4.95. The molecule has 2 rings (SSSR count). The molecule has 0 fully saturated rings. The van der Waals surface area contributed by atoms with E-state index in [-0.39, 0.29) is 0 Å². The molecule has 0 saturated carbocycles. The van der Waals surface area contributed by atoms with E-state index in [1.54, 1.807) is 18.0 Å². The number of rotatable bonds is 1. The molecule has 0 bridgehead atoms. The van der Waals surface area contributed by atoms with Gasteiger partial charge in [0.25, 0.3) is 0 Å². The lowest BCUT2D eigenvalue weighted by molar-refractivity contribution is -0.109. The average molecular weight is 178 g/mol. The Hall–Kier alpha value is -1.81. The van der Waals surface area contributed by atoms with Gasteiger partial charge in [0.1, 0.15) is 0 Å². The van der Waals surface area contributed by atoms with E-state index in [0.29, 0.717) is 6.41 Å². The van der Waals surface area contributed by atoms with Crippen LogP contribution in [0.1, 0.15) is 0 Å². The number of fused-ring (bicyclic) bond motifs is 1. The van der Waals surface area contributed by atoms with Crippen LogP contribution in [0.4, 0.5) is 0 Å². The Balaban J connectivity index is 0.000000184. The van der Waals surface area contributed by atoms with Gasteiger partial charge in [0.15, 0.2) is 0 Å². The molecular weight excluding hydrogens is 168 g/mol. The highest BCUT2D eigenvalue weighted by atomic mass is 16.3. The van der Waals surface area contributed by atoms with Gasteiger partial charge in [-0.15, -0.1) is 0 Å². The molecule has 0 radical (unpaired) electrons. The number of nitrogens with one attached hydrogen (secondary N) is 1. The first-order valence-electron chi connectivity index (χ1n) is 3.69. The first-order chi connectivity index (χ1) is 6.38. The Bertz CT molecular complexity index is 305. The van der Waals surface area contributed by atoms with E-state index in [1.165, 1.54) is 5.56 Å². The summed E-state index contributed by atoms with van der Waals surface area (Å²) in [5.41, 5.74) is 4.15. The summed E-state index contributed by atoms with van der Waals surface area (Å²) in [6, 6.07) is 8.05. The molecule has 1 heterocycles. The van der Waals surface area contributed by atoms with Gasteiger partial charge in [0.2, 0.25) is 6.41 Å². The minimum Gasteiger partial charge on any atom is -0.472 e. The molecule has 0 unspecified atom stereocenters. The highest BCUT2D eigenvalue weighted by molar-refractivity contribution is 5.64. The lowest BCUT2D eigenvalue weighted by Crippen LogP contribution is -2.18. The summed E-state index contributed by atoms with van der Waals surface area (Å²) >= 11 is 0. The van der Waals surface area contributed by atoms with Crippen molar-refractivity contribution in [2.24, 2.45) is 5.84 Å². The van der Waals surface area contributed by atoms with Crippen LogP contribution in [0, 0.1) is 0 Å². The molecule has 4 heteroatoms. The number of carbonyl (C=O) groups is 1. The molecule has 3 N–H and O–H groups in total. The van der Waals surface area contributed by atoms with Gasteiger partial charge in [-0.2, -0.15) is 0 Å². The van der Waals surface area contributed by atoms with E-state index in [4.69, 9.17) is 9.21 Å². The van der Waals surface area contributed by atoms with E-state index in [1.807, 2.05) is 18.2 Å². The third-order valence-corrected chi connectivity index (χ3v) is 1.47. The molecule has 1 amide bonds. The van der Waals surface area contributed by atoms with Crippen LogP contribution in [-0.2, 0) is 4.79 Å².